The molecular weight excluding hydrogens is 230 g/mol. The quantitative estimate of drug-likeness (QED) is 0.731. The molecule has 0 fully saturated rings. The minimum atomic E-state index is 0.931. The molecule has 19 heavy (non-hydrogen) atoms. The number of hydrogen-bond donors (Lipinski definition) is 1. The van der Waals surface area contributed by atoms with Gasteiger partial charge in [0.15, 0.2) is 0 Å². The summed E-state index contributed by atoms with van der Waals surface area (Å²) in [6.45, 7) is 7.47. The molecule has 0 saturated heterocycles. The molecule has 0 unspecified atom stereocenters. The average Bonchev–Trinajstić information content (AvgIpc) is 2.48. The van der Waals surface area contributed by atoms with Crippen LogP contribution in [0.3, 0.4) is 0 Å². The molecule has 0 saturated carbocycles. The molecule has 1 N–H and O–H groups in total. The molecule has 2 rings (SSSR count). The van der Waals surface area contributed by atoms with Gasteiger partial charge in [0.05, 0.1) is 0 Å². The van der Waals surface area contributed by atoms with Crippen LogP contribution in [0.4, 0.5) is 5.69 Å². The molecule has 0 aliphatic rings. The van der Waals surface area contributed by atoms with Gasteiger partial charge in [-0.15, -0.1) is 0 Å². The van der Waals surface area contributed by atoms with Crippen LogP contribution in [0.1, 0.15) is 0 Å². The summed E-state index contributed by atoms with van der Waals surface area (Å²) in [7, 11) is 0. The van der Waals surface area contributed by atoms with Crippen LogP contribution in [0.15, 0.2) is 91.7 Å². The topological polar surface area (TPSA) is 12.0 Å². The Balaban J connectivity index is 2.27. The fourth-order valence-corrected chi connectivity index (χ4v) is 1.86. The van der Waals surface area contributed by atoms with Gasteiger partial charge in [-0.3, -0.25) is 0 Å². The lowest BCUT2D eigenvalue weighted by Gasteiger charge is -2.09. The summed E-state index contributed by atoms with van der Waals surface area (Å²) in [5, 5.41) is 3.31. The second-order valence-electron chi connectivity index (χ2n) is 4.13. The number of hydrogen-bond acceptors (Lipinski definition) is 1. The van der Waals surface area contributed by atoms with E-state index < -0.39 is 0 Å². The van der Waals surface area contributed by atoms with E-state index in [1.807, 2.05) is 36.4 Å². The predicted molar refractivity (Wildman–Crippen MR) is 84.0 cm³/mol. The van der Waals surface area contributed by atoms with Crippen molar-refractivity contribution < 1.29 is 0 Å². The molecule has 0 bridgehead atoms. The highest BCUT2D eigenvalue weighted by Crippen LogP contribution is 2.23. The third-order valence-corrected chi connectivity index (χ3v) is 2.78. The molecule has 2 aromatic carbocycles. The molecule has 0 amide bonds. The second kappa shape index (κ2) is 6.41. The molecule has 94 valence electrons. The van der Waals surface area contributed by atoms with Crippen molar-refractivity contribution in [1.82, 2.24) is 0 Å². The molecule has 0 heterocycles. The van der Waals surface area contributed by atoms with Gasteiger partial charge in [-0.1, -0.05) is 61.7 Å². The summed E-state index contributed by atoms with van der Waals surface area (Å²) in [5.74, 6) is 0. The van der Waals surface area contributed by atoms with Crippen LogP contribution in [-0.4, -0.2) is 0 Å². The van der Waals surface area contributed by atoms with Gasteiger partial charge in [-0.2, -0.15) is 0 Å². The first-order valence-corrected chi connectivity index (χ1v) is 6.21. The van der Waals surface area contributed by atoms with E-state index in [9.17, 15) is 0 Å². The van der Waals surface area contributed by atoms with E-state index in [1.54, 1.807) is 12.2 Å². The highest BCUT2D eigenvalue weighted by molar-refractivity contribution is 5.69. The van der Waals surface area contributed by atoms with E-state index in [1.165, 1.54) is 11.1 Å². The Bertz CT molecular complexity index is 594. The molecule has 0 aromatic heterocycles. The van der Waals surface area contributed by atoms with Crippen LogP contribution in [0.5, 0.6) is 0 Å². The molecule has 2 aromatic rings. The van der Waals surface area contributed by atoms with Crippen molar-refractivity contribution in [1.29, 1.82) is 0 Å². The molecule has 0 spiro atoms. The van der Waals surface area contributed by atoms with Crippen LogP contribution in [0, 0.1) is 0 Å². The van der Waals surface area contributed by atoms with Gasteiger partial charge in [0, 0.05) is 11.4 Å². The van der Waals surface area contributed by atoms with E-state index >= 15 is 0 Å². The van der Waals surface area contributed by atoms with E-state index in [-0.39, 0.29) is 0 Å². The van der Waals surface area contributed by atoms with E-state index in [0.29, 0.717) is 0 Å². The molecule has 0 radical (unpaired) electrons. The van der Waals surface area contributed by atoms with E-state index in [4.69, 9.17) is 0 Å². The summed E-state index contributed by atoms with van der Waals surface area (Å²) in [6.07, 6.45) is 5.41. The first kappa shape index (κ1) is 12.9. The summed E-state index contributed by atoms with van der Waals surface area (Å²) in [4.78, 5) is 0. The maximum Gasteiger partial charge on any atom is 0.0390 e. The second-order valence-corrected chi connectivity index (χ2v) is 4.13. The molecular formula is C18H17N. The number of nitrogens with one attached hydrogen (secondary N) is 1. The minimum absolute atomic E-state index is 0.931. The Morgan fingerprint density at radius 3 is 2.32 bits per heavy atom. The van der Waals surface area contributed by atoms with Crippen molar-refractivity contribution in [3.05, 3.63) is 91.7 Å². The zero-order valence-electron chi connectivity index (χ0n) is 10.8. The SMILES string of the molecule is C=C/C=C(\C=C)Nc1cccc(-c2ccccc2)c1. The van der Waals surface area contributed by atoms with Crippen molar-refractivity contribution in [3.63, 3.8) is 0 Å². The fraction of sp³-hybridized carbons (Fsp3) is 0. The summed E-state index contributed by atoms with van der Waals surface area (Å²) >= 11 is 0. The molecule has 0 atom stereocenters. The van der Waals surface area contributed by atoms with Gasteiger partial charge in [0.2, 0.25) is 0 Å². The summed E-state index contributed by atoms with van der Waals surface area (Å²) in [5.41, 5.74) is 4.36. The highest BCUT2D eigenvalue weighted by atomic mass is 14.9. The summed E-state index contributed by atoms with van der Waals surface area (Å²) < 4.78 is 0. The largest absolute Gasteiger partial charge is 0.356 e. The van der Waals surface area contributed by atoms with Crippen molar-refractivity contribution in [2.24, 2.45) is 0 Å². The number of allylic oxidation sites excluding steroid dienone is 3. The van der Waals surface area contributed by atoms with E-state index in [0.717, 1.165) is 11.4 Å². The van der Waals surface area contributed by atoms with Crippen molar-refractivity contribution >= 4 is 5.69 Å². The number of benzene rings is 2. The standard InChI is InChI=1S/C18H17N/c1-3-9-17(4-2)19-18-13-8-12-16(14-18)15-10-6-5-7-11-15/h3-14,19H,1-2H2/b17-9+. The van der Waals surface area contributed by atoms with Gasteiger partial charge >= 0.3 is 0 Å². The lowest BCUT2D eigenvalue weighted by atomic mass is 10.1. The third kappa shape index (κ3) is 3.46. The van der Waals surface area contributed by atoms with E-state index in [2.05, 4.69) is 42.7 Å². The van der Waals surface area contributed by atoms with Crippen LogP contribution < -0.4 is 5.32 Å². The van der Waals surface area contributed by atoms with Gasteiger partial charge in [0.1, 0.15) is 0 Å². The zero-order valence-corrected chi connectivity index (χ0v) is 10.8. The molecule has 1 heteroatoms. The normalized spacial score (nSPS) is 10.8. The predicted octanol–water partition coefficient (Wildman–Crippen LogP) is 5.02. The van der Waals surface area contributed by atoms with Crippen LogP contribution >= 0.6 is 0 Å². The summed E-state index contributed by atoms with van der Waals surface area (Å²) in [6, 6.07) is 18.6. The van der Waals surface area contributed by atoms with Crippen molar-refractivity contribution in [2.45, 2.75) is 0 Å². The Labute approximate surface area is 114 Å². The van der Waals surface area contributed by atoms with Gasteiger partial charge in [-0.25, -0.2) is 0 Å². The number of anilines is 1. The molecule has 1 nitrogen and oxygen atoms in total. The fourth-order valence-electron chi connectivity index (χ4n) is 1.86. The Hall–Kier alpha value is -2.54. The van der Waals surface area contributed by atoms with Gasteiger partial charge in [-0.05, 0) is 35.4 Å². The number of rotatable bonds is 5. The lowest BCUT2D eigenvalue weighted by Crippen LogP contribution is -1.96. The minimum Gasteiger partial charge on any atom is -0.356 e. The monoisotopic (exact) mass is 247 g/mol. The van der Waals surface area contributed by atoms with Crippen molar-refractivity contribution in [3.8, 4) is 11.1 Å². The smallest absolute Gasteiger partial charge is 0.0390 e. The third-order valence-electron chi connectivity index (χ3n) is 2.78. The Morgan fingerprint density at radius 2 is 1.63 bits per heavy atom. The first-order valence-electron chi connectivity index (χ1n) is 6.21. The first-order chi connectivity index (χ1) is 9.33. The maximum absolute atomic E-state index is 3.78. The van der Waals surface area contributed by atoms with Crippen molar-refractivity contribution in [2.75, 3.05) is 5.32 Å². The van der Waals surface area contributed by atoms with Gasteiger partial charge in [0.25, 0.3) is 0 Å². The molecule has 0 aliphatic carbocycles. The van der Waals surface area contributed by atoms with Crippen LogP contribution in [0.25, 0.3) is 11.1 Å². The Kier molecular flexibility index (Phi) is 4.35. The zero-order chi connectivity index (χ0) is 13.5. The maximum atomic E-state index is 3.78. The molecule has 0 aliphatic heterocycles. The van der Waals surface area contributed by atoms with Crippen LogP contribution in [0.2, 0.25) is 0 Å². The van der Waals surface area contributed by atoms with Crippen LogP contribution in [-0.2, 0) is 0 Å². The lowest BCUT2D eigenvalue weighted by molar-refractivity contribution is 1.48. The Morgan fingerprint density at radius 1 is 0.895 bits per heavy atom. The van der Waals surface area contributed by atoms with Gasteiger partial charge < -0.3 is 5.32 Å². The highest BCUT2D eigenvalue weighted by Gasteiger charge is 1.99. The average molecular weight is 247 g/mol.